The molecule has 0 amide bonds. The van der Waals surface area contributed by atoms with Crippen molar-refractivity contribution in [1.82, 2.24) is 25.1 Å². The fourth-order valence-corrected chi connectivity index (χ4v) is 5.53. The molecule has 1 aliphatic rings. The van der Waals surface area contributed by atoms with Gasteiger partial charge in [0, 0.05) is 54.9 Å². The second-order valence-corrected chi connectivity index (χ2v) is 11.4. The van der Waals surface area contributed by atoms with Crippen LogP contribution in [0.3, 0.4) is 0 Å². The molecule has 1 saturated heterocycles. The third kappa shape index (κ3) is 4.58. The molecule has 0 aliphatic carbocycles. The quantitative estimate of drug-likeness (QED) is 0.413. The fraction of sp³-hybridized carbons (Fsp3) is 0.333. The number of H-pyrrole nitrogens is 1. The van der Waals surface area contributed by atoms with Gasteiger partial charge in [0.2, 0.25) is 0 Å². The van der Waals surface area contributed by atoms with E-state index in [9.17, 15) is 8.42 Å². The number of benzene rings is 1. The minimum atomic E-state index is -2.97. The van der Waals surface area contributed by atoms with Crippen molar-refractivity contribution in [3.05, 3.63) is 54.6 Å². The van der Waals surface area contributed by atoms with Crippen molar-refractivity contribution in [2.45, 2.75) is 19.8 Å². The normalized spacial score (nSPS) is 14.5. The van der Waals surface area contributed by atoms with Gasteiger partial charge in [0.25, 0.3) is 0 Å². The van der Waals surface area contributed by atoms with Crippen molar-refractivity contribution < 1.29 is 8.42 Å². The monoisotopic (exact) mass is 477 g/mol. The molecule has 2 N–H and O–H groups in total. The van der Waals surface area contributed by atoms with E-state index in [1.54, 1.807) is 24.7 Å². The molecule has 10 heteroatoms. The van der Waals surface area contributed by atoms with E-state index in [0.29, 0.717) is 23.4 Å². The van der Waals surface area contributed by atoms with Crippen molar-refractivity contribution in [2.75, 3.05) is 35.3 Å². The Hall–Kier alpha value is -3.53. The average molecular weight is 478 g/mol. The number of fused-ring (bicyclic) bond motifs is 1. The van der Waals surface area contributed by atoms with Crippen molar-refractivity contribution in [2.24, 2.45) is 5.92 Å². The fourth-order valence-electron chi connectivity index (χ4n) is 4.47. The van der Waals surface area contributed by atoms with Crippen LogP contribution < -0.4 is 10.2 Å². The Morgan fingerprint density at radius 3 is 2.65 bits per heavy atom. The van der Waals surface area contributed by atoms with Gasteiger partial charge in [-0.25, -0.2) is 23.4 Å². The molecule has 0 saturated carbocycles. The third-order valence-electron chi connectivity index (χ3n) is 6.04. The van der Waals surface area contributed by atoms with E-state index in [4.69, 9.17) is 0 Å². The van der Waals surface area contributed by atoms with Gasteiger partial charge in [0.1, 0.15) is 21.5 Å². The molecule has 4 heterocycles. The molecule has 0 radical (unpaired) electrons. The van der Waals surface area contributed by atoms with Crippen LogP contribution in [0, 0.1) is 5.92 Å². The highest BCUT2D eigenvalue weighted by atomic mass is 32.2. The van der Waals surface area contributed by atoms with E-state index >= 15 is 0 Å². The Labute approximate surface area is 198 Å². The van der Waals surface area contributed by atoms with Crippen LogP contribution in [0.15, 0.2) is 49.1 Å². The molecule has 0 bridgehead atoms. The van der Waals surface area contributed by atoms with Gasteiger partial charge in [-0.2, -0.15) is 5.10 Å². The Morgan fingerprint density at radius 1 is 1.12 bits per heavy atom. The standard InChI is InChI=1S/C24H27N7O2S/c1-15(2)18-4-5-21(31-12-16(13-31)14-34(3,32)33)20-11-26-23(8-19(18)20)29-22-6-7-25-24(30-22)17-9-27-28-10-17/h4-11,15-16H,12-14H2,1-3H3,(H,27,28)(H,25,26,29,30). The van der Waals surface area contributed by atoms with Gasteiger partial charge >= 0.3 is 0 Å². The van der Waals surface area contributed by atoms with E-state index in [2.05, 4.69) is 67.4 Å². The molecule has 0 unspecified atom stereocenters. The molecular weight excluding hydrogens is 450 g/mol. The number of aromatic nitrogens is 5. The summed E-state index contributed by atoms with van der Waals surface area (Å²) >= 11 is 0. The number of hydrogen-bond acceptors (Lipinski definition) is 8. The van der Waals surface area contributed by atoms with E-state index in [1.165, 1.54) is 11.8 Å². The zero-order valence-corrected chi connectivity index (χ0v) is 20.2. The molecular formula is C24H27N7O2S. The predicted molar refractivity (Wildman–Crippen MR) is 134 cm³/mol. The number of sulfone groups is 1. The van der Waals surface area contributed by atoms with E-state index in [1.807, 2.05) is 6.20 Å². The molecule has 1 fully saturated rings. The molecule has 5 rings (SSSR count). The van der Waals surface area contributed by atoms with Gasteiger partial charge in [0.15, 0.2) is 5.82 Å². The van der Waals surface area contributed by atoms with Crippen LogP contribution in [-0.4, -0.2) is 58.7 Å². The maximum atomic E-state index is 11.6. The van der Waals surface area contributed by atoms with Crippen molar-refractivity contribution >= 4 is 37.9 Å². The Bertz CT molecular complexity index is 1430. The van der Waals surface area contributed by atoms with Gasteiger partial charge in [0.05, 0.1) is 17.5 Å². The van der Waals surface area contributed by atoms with Crippen molar-refractivity contribution in [1.29, 1.82) is 0 Å². The first-order chi connectivity index (χ1) is 16.3. The highest BCUT2D eigenvalue weighted by molar-refractivity contribution is 7.90. The zero-order chi connectivity index (χ0) is 23.9. The summed E-state index contributed by atoms with van der Waals surface area (Å²) in [5.74, 6) is 2.66. The molecule has 4 aromatic rings. The lowest BCUT2D eigenvalue weighted by Gasteiger charge is -2.41. The maximum absolute atomic E-state index is 11.6. The topological polar surface area (TPSA) is 117 Å². The summed E-state index contributed by atoms with van der Waals surface area (Å²) < 4.78 is 23.3. The minimum Gasteiger partial charge on any atom is -0.370 e. The third-order valence-corrected chi connectivity index (χ3v) is 7.12. The second kappa shape index (κ2) is 8.68. The Morgan fingerprint density at radius 2 is 1.94 bits per heavy atom. The number of rotatable bonds is 7. The summed E-state index contributed by atoms with van der Waals surface area (Å²) in [6, 6.07) is 8.15. The number of nitrogens with zero attached hydrogens (tertiary/aromatic N) is 5. The summed E-state index contributed by atoms with van der Waals surface area (Å²) in [5.41, 5.74) is 3.14. The van der Waals surface area contributed by atoms with Crippen LogP contribution in [0.2, 0.25) is 0 Å². The highest BCUT2D eigenvalue weighted by Gasteiger charge is 2.31. The largest absolute Gasteiger partial charge is 0.370 e. The molecule has 1 aromatic carbocycles. The smallest absolute Gasteiger partial charge is 0.164 e. The van der Waals surface area contributed by atoms with Gasteiger partial charge in [-0.3, -0.25) is 5.10 Å². The van der Waals surface area contributed by atoms with Gasteiger partial charge < -0.3 is 10.2 Å². The van der Waals surface area contributed by atoms with Crippen molar-refractivity contribution in [3.63, 3.8) is 0 Å². The summed E-state index contributed by atoms with van der Waals surface area (Å²) in [6.45, 7) is 5.83. The lowest BCUT2D eigenvalue weighted by Crippen LogP contribution is -2.49. The lowest BCUT2D eigenvalue weighted by molar-refractivity contribution is 0.445. The number of nitrogens with one attached hydrogen (secondary N) is 2. The number of hydrogen-bond donors (Lipinski definition) is 2. The molecule has 9 nitrogen and oxygen atoms in total. The first kappa shape index (κ1) is 22.3. The zero-order valence-electron chi connectivity index (χ0n) is 19.4. The molecule has 176 valence electrons. The summed E-state index contributed by atoms with van der Waals surface area (Å²) in [7, 11) is -2.97. The van der Waals surface area contributed by atoms with Crippen LogP contribution in [0.1, 0.15) is 25.3 Å². The van der Waals surface area contributed by atoms with Crippen LogP contribution in [0.25, 0.3) is 22.2 Å². The van der Waals surface area contributed by atoms with Crippen molar-refractivity contribution in [3.8, 4) is 11.4 Å². The Kier molecular flexibility index (Phi) is 5.68. The molecule has 34 heavy (non-hydrogen) atoms. The van der Waals surface area contributed by atoms with Crippen LogP contribution >= 0.6 is 0 Å². The van der Waals surface area contributed by atoms with E-state index in [-0.39, 0.29) is 11.7 Å². The second-order valence-electron chi connectivity index (χ2n) is 9.18. The van der Waals surface area contributed by atoms with Gasteiger partial charge in [-0.05, 0) is 35.1 Å². The van der Waals surface area contributed by atoms with Gasteiger partial charge in [-0.15, -0.1) is 0 Å². The van der Waals surface area contributed by atoms with Gasteiger partial charge in [-0.1, -0.05) is 19.9 Å². The first-order valence-corrected chi connectivity index (χ1v) is 13.3. The summed E-state index contributed by atoms with van der Waals surface area (Å²) in [4.78, 5) is 15.8. The predicted octanol–water partition coefficient (Wildman–Crippen LogP) is 3.76. The van der Waals surface area contributed by atoms with E-state index in [0.717, 1.165) is 35.1 Å². The van der Waals surface area contributed by atoms with Crippen LogP contribution in [0.5, 0.6) is 0 Å². The molecule has 3 aromatic heterocycles. The highest BCUT2D eigenvalue weighted by Crippen LogP contribution is 2.37. The first-order valence-electron chi connectivity index (χ1n) is 11.2. The number of pyridine rings is 1. The maximum Gasteiger partial charge on any atom is 0.164 e. The lowest BCUT2D eigenvalue weighted by atomic mass is 9.93. The van der Waals surface area contributed by atoms with Crippen LogP contribution in [-0.2, 0) is 9.84 Å². The SMILES string of the molecule is CC(C)c1ccc(N2CC(CS(C)(=O)=O)C2)c2cnc(Nc3ccnc(-c4cn[nH]c4)n3)cc12. The number of aromatic amines is 1. The van der Waals surface area contributed by atoms with Crippen LogP contribution in [0.4, 0.5) is 17.3 Å². The number of anilines is 3. The molecule has 0 spiro atoms. The average Bonchev–Trinajstić information content (AvgIpc) is 3.30. The minimum absolute atomic E-state index is 0.172. The molecule has 1 aliphatic heterocycles. The molecule has 0 atom stereocenters. The summed E-state index contributed by atoms with van der Waals surface area (Å²) in [6.07, 6.45) is 8.32. The summed E-state index contributed by atoms with van der Waals surface area (Å²) in [5, 5.41) is 12.2. The Balaban J connectivity index is 1.44. The van der Waals surface area contributed by atoms with E-state index < -0.39 is 9.84 Å².